The molecule has 2 atom stereocenters. The van der Waals surface area contributed by atoms with Crippen molar-refractivity contribution in [2.75, 3.05) is 32.7 Å². The Kier molecular flexibility index (Phi) is 7.71. The van der Waals surface area contributed by atoms with Gasteiger partial charge in [0.25, 0.3) is 0 Å². The molecule has 2 saturated heterocycles. The predicted octanol–water partition coefficient (Wildman–Crippen LogP) is 3.15. The van der Waals surface area contributed by atoms with Crippen LogP contribution in [0.3, 0.4) is 0 Å². The Morgan fingerprint density at radius 3 is 2.46 bits per heavy atom. The summed E-state index contributed by atoms with van der Waals surface area (Å²) in [5.41, 5.74) is 1.01. The average Bonchev–Trinajstić information content (AvgIpc) is 3.50. The molecular weight excluding hydrogens is 454 g/mol. The van der Waals surface area contributed by atoms with E-state index in [0.29, 0.717) is 25.0 Å². The van der Waals surface area contributed by atoms with Crippen molar-refractivity contribution in [3.8, 4) is 0 Å². The summed E-state index contributed by atoms with van der Waals surface area (Å²) >= 11 is 0. The minimum absolute atomic E-state index is 0. The molecule has 0 unspecified atom stereocenters. The van der Waals surface area contributed by atoms with E-state index < -0.39 is 10.0 Å². The van der Waals surface area contributed by atoms with E-state index >= 15 is 0 Å². The fourth-order valence-corrected chi connectivity index (χ4v) is 6.52. The number of rotatable bonds is 5. The molecule has 1 aliphatic carbocycles. The third-order valence-corrected chi connectivity index (χ3v) is 8.67. The summed E-state index contributed by atoms with van der Waals surface area (Å²) in [5, 5.41) is 4.37. The maximum absolute atomic E-state index is 13.9. The van der Waals surface area contributed by atoms with Crippen LogP contribution in [-0.4, -0.2) is 61.6 Å². The van der Waals surface area contributed by atoms with Crippen molar-refractivity contribution in [3.63, 3.8) is 0 Å². The monoisotopic (exact) mass is 483 g/mol. The van der Waals surface area contributed by atoms with Gasteiger partial charge >= 0.3 is 0 Å². The van der Waals surface area contributed by atoms with Gasteiger partial charge < -0.3 is 5.32 Å². The number of nitrogens with zero attached hydrogens (tertiary/aromatic N) is 3. The Hall–Kier alpha value is 0.0839. The van der Waals surface area contributed by atoms with Gasteiger partial charge in [0.15, 0.2) is 0 Å². The summed E-state index contributed by atoms with van der Waals surface area (Å²) in [4.78, 5) is 2.46. The predicted molar refractivity (Wildman–Crippen MR) is 105 cm³/mol. The molecule has 3 fully saturated rings. The first kappa shape index (κ1) is 22.8. The fourth-order valence-electron chi connectivity index (χ4n) is 4.65. The molecule has 0 aromatic heterocycles. The van der Waals surface area contributed by atoms with Gasteiger partial charge in [0.1, 0.15) is 5.82 Å². The van der Waals surface area contributed by atoms with E-state index in [9.17, 15) is 12.8 Å². The maximum Gasteiger partial charge on any atom is 0.216 e. The molecule has 5 nitrogen and oxygen atoms in total. The first-order chi connectivity index (χ1) is 13.0. The topological polar surface area (TPSA) is 54.7 Å². The molecule has 28 heavy (non-hydrogen) atoms. The van der Waals surface area contributed by atoms with Crippen LogP contribution in [-0.2, 0) is 42.7 Å². The first-order valence-corrected chi connectivity index (χ1v) is 11.6. The van der Waals surface area contributed by atoms with Crippen molar-refractivity contribution in [1.82, 2.24) is 9.21 Å². The van der Waals surface area contributed by atoms with Crippen LogP contribution in [0.1, 0.15) is 44.2 Å². The summed E-state index contributed by atoms with van der Waals surface area (Å²) in [6.45, 7) is 5.85. The summed E-state index contributed by atoms with van der Waals surface area (Å²) in [7, 11) is -3.10. The van der Waals surface area contributed by atoms with E-state index in [4.69, 9.17) is 0 Å². The molecule has 153 valence electrons. The standard InChI is InChI=1S/C20H29FN3O2S.Y/c1-15-14-22-9-12-24(15)20(17-3-2-4-18(21)13-17)16-7-10-23(11-8-16)27(25,26)19-5-6-19;/h2-4,13,15-16,19-20H,5-12,14H2,1H3;/q-1;/t15-,20+;/m0./s1. The number of sulfonamides is 1. The molecule has 1 aromatic carbocycles. The van der Waals surface area contributed by atoms with Gasteiger partial charge in [-0.05, 0) is 61.9 Å². The third kappa shape index (κ3) is 4.86. The SMILES string of the molecule is C[C@H]1C[N-]CCN1[C@@H](c1cccc(F)c1)C1CCN(S(=O)(=O)C2CC2)CC1.[Y]. The summed E-state index contributed by atoms with van der Waals surface area (Å²) in [6.07, 6.45) is 3.27. The van der Waals surface area contributed by atoms with Crippen LogP contribution < -0.4 is 0 Å². The van der Waals surface area contributed by atoms with Crippen molar-refractivity contribution in [2.45, 2.75) is 49.9 Å². The van der Waals surface area contributed by atoms with Gasteiger partial charge in [-0.25, -0.2) is 17.1 Å². The van der Waals surface area contributed by atoms with Crippen LogP contribution in [0.2, 0.25) is 0 Å². The summed E-state index contributed by atoms with van der Waals surface area (Å²) in [5.74, 6) is 0.124. The van der Waals surface area contributed by atoms with Crippen LogP contribution in [0, 0.1) is 11.7 Å². The molecule has 8 heteroatoms. The van der Waals surface area contributed by atoms with Crippen molar-refractivity contribution >= 4 is 10.0 Å². The summed E-state index contributed by atoms with van der Waals surface area (Å²) < 4.78 is 40.7. The molecule has 4 rings (SSSR count). The molecule has 2 heterocycles. The van der Waals surface area contributed by atoms with Gasteiger partial charge in [0.05, 0.1) is 5.25 Å². The zero-order chi connectivity index (χ0) is 19.0. The minimum Gasteiger partial charge on any atom is -0.660 e. The number of piperidine rings is 1. The van der Waals surface area contributed by atoms with Gasteiger partial charge in [0.2, 0.25) is 10.0 Å². The van der Waals surface area contributed by atoms with E-state index in [-0.39, 0.29) is 49.8 Å². The smallest absolute Gasteiger partial charge is 0.216 e. The van der Waals surface area contributed by atoms with Gasteiger partial charge in [-0.15, -0.1) is 13.1 Å². The Balaban J connectivity index is 0.00000225. The van der Waals surface area contributed by atoms with Crippen molar-refractivity contribution in [2.24, 2.45) is 5.92 Å². The van der Waals surface area contributed by atoms with E-state index in [1.807, 2.05) is 6.07 Å². The maximum atomic E-state index is 13.9. The number of hydrogen-bond acceptors (Lipinski definition) is 3. The Morgan fingerprint density at radius 1 is 1.14 bits per heavy atom. The molecule has 0 amide bonds. The second-order valence-electron chi connectivity index (χ2n) is 8.20. The van der Waals surface area contributed by atoms with Crippen LogP contribution in [0.25, 0.3) is 5.32 Å². The van der Waals surface area contributed by atoms with Gasteiger partial charge in [-0.2, -0.15) is 0 Å². The largest absolute Gasteiger partial charge is 0.660 e. The molecule has 0 bridgehead atoms. The molecule has 0 N–H and O–H groups in total. The van der Waals surface area contributed by atoms with Crippen molar-refractivity contribution in [1.29, 1.82) is 0 Å². The van der Waals surface area contributed by atoms with E-state index in [1.165, 1.54) is 6.07 Å². The van der Waals surface area contributed by atoms with E-state index in [1.54, 1.807) is 16.4 Å². The Labute approximate surface area is 193 Å². The normalized spacial score (nSPS) is 26.6. The molecule has 3 aliphatic rings. The van der Waals surface area contributed by atoms with Crippen LogP contribution >= 0.6 is 0 Å². The molecular formula is C20H29FN3O2SY-. The quantitative estimate of drug-likeness (QED) is 0.647. The molecule has 2 aliphatic heterocycles. The van der Waals surface area contributed by atoms with Crippen LogP contribution in [0.5, 0.6) is 0 Å². The second kappa shape index (κ2) is 9.48. The van der Waals surface area contributed by atoms with Gasteiger partial charge in [-0.3, -0.25) is 4.90 Å². The first-order valence-electron chi connectivity index (χ1n) is 10.1. The zero-order valence-electron chi connectivity index (χ0n) is 16.5. The number of hydrogen-bond donors (Lipinski definition) is 0. The molecule has 1 radical (unpaired) electrons. The third-order valence-electron chi connectivity index (χ3n) is 6.27. The molecule has 1 aromatic rings. The van der Waals surface area contributed by atoms with Gasteiger partial charge in [0, 0.05) is 51.8 Å². The Bertz CT molecular complexity index is 766. The summed E-state index contributed by atoms with van der Waals surface area (Å²) in [6, 6.07) is 7.37. The molecule has 1 saturated carbocycles. The molecule has 0 spiro atoms. The van der Waals surface area contributed by atoms with E-state index in [2.05, 4.69) is 17.1 Å². The van der Waals surface area contributed by atoms with Crippen molar-refractivity contribution in [3.05, 3.63) is 41.0 Å². The fraction of sp³-hybridized carbons (Fsp3) is 0.700. The number of benzene rings is 1. The number of halogens is 1. The Morgan fingerprint density at radius 2 is 1.86 bits per heavy atom. The number of piperazine rings is 1. The van der Waals surface area contributed by atoms with E-state index in [0.717, 1.165) is 50.9 Å². The zero-order valence-corrected chi connectivity index (χ0v) is 20.2. The average molecular weight is 483 g/mol. The van der Waals surface area contributed by atoms with Crippen LogP contribution in [0.15, 0.2) is 24.3 Å². The van der Waals surface area contributed by atoms with Crippen LogP contribution in [0.4, 0.5) is 4.39 Å². The van der Waals surface area contributed by atoms with Crippen molar-refractivity contribution < 1.29 is 45.5 Å². The van der Waals surface area contributed by atoms with Gasteiger partial charge in [-0.1, -0.05) is 19.1 Å². The minimum atomic E-state index is -3.10. The second-order valence-corrected chi connectivity index (χ2v) is 10.4.